The highest BCUT2D eigenvalue weighted by Crippen LogP contribution is 2.34. The Bertz CT molecular complexity index is 318. The van der Waals surface area contributed by atoms with Gasteiger partial charge in [0.15, 0.2) is 0 Å². The summed E-state index contributed by atoms with van der Waals surface area (Å²) in [6, 6.07) is 0.300. The molecular weight excluding hydrogens is 186 g/mol. The summed E-state index contributed by atoms with van der Waals surface area (Å²) in [5.74, 6) is 2.44. The molecule has 3 heteroatoms. The second-order valence-corrected chi connectivity index (χ2v) is 4.76. The van der Waals surface area contributed by atoms with Crippen molar-refractivity contribution in [1.82, 2.24) is 9.55 Å². The van der Waals surface area contributed by atoms with Gasteiger partial charge in [-0.15, -0.1) is 0 Å². The van der Waals surface area contributed by atoms with Gasteiger partial charge >= 0.3 is 0 Å². The van der Waals surface area contributed by atoms with E-state index in [1.54, 1.807) is 0 Å². The zero-order valence-electron chi connectivity index (χ0n) is 9.69. The fraction of sp³-hybridized carbons (Fsp3) is 0.750. The highest BCUT2D eigenvalue weighted by molar-refractivity contribution is 5.06. The molecule has 2 rings (SSSR count). The zero-order valence-corrected chi connectivity index (χ0v) is 9.69. The van der Waals surface area contributed by atoms with E-state index in [1.807, 2.05) is 6.20 Å². The van der Waals surface area contributed by atoms with Crippen LogP contribution in [0, 0.1) is 5.92 Å². The van der Waals surface area contributed by atoms with Crippen molar-refractivity contribution in [3.05, 3.63) is 18.2 Å². The molecule has 15 heavy (non-hydrogen) atoms. The molecule has 0 saturated heterocycles. The van der Waals surface area contributed by atoms with Gasteiger partial charge in [0.2, 0.25) is 0 Å². The van der Waals surface area contributed by atoms with E-state index in [1.165, 1.54) is 18.7 Å². The SMILES string of the molecule is CCn1ccnc1C1CC(C)CCC1N. The van der Waals surface area contributed by atoms with Gasteiger partial charge in [-0.05, 0) is 32.1 Å². The molecule has 3 nitrogen and oxygen atoms in total. The fourth-order valence-corrected chi connectivity index (χ4v) is 2.62. The van der Waals surface area contributed by atoms with E-state index in [2.05, 4.69) is 29.6 Å². The van der Waals surface area contributed by atoms with Crippen molar-refractivity contribution in [2.24, 2.45) is 11.7 Å². The quantitative estimate of drug-likeness (QED) is 0.807. The van der Waals surface area contributed by atoms with Crippen molar-refractivity contribution in [1.29, 1.82) is 0 Å². The van der Waals surface area contributed by atoms with E-state index in [9.17, 15) is 0 Å². The first-order valence-corrected chi connectivity index (χ1v) is 5.99. The standard InChI is InChI=1S/C12H21N3/c1-3-15-7-6-14-12(15)10-8-9(2)4-5-11(10)13/h6-7,9-11H,3-5,8,13H2,1-2H3. The van der Waals surface area contributed by atoms with E-state index in [-0.39, 0.29) is 0 Å². The lowest BCUT2D eigenvalue weighted by atomic mass is 9.79. The van der Waals surface area contributed by atoms with Crippen LogP contribution >= 0.6 is 0 Å². The third-order valence-corrected chi connectivity index (χ3v) is 3.59. The van der Waals surface area contributed by atoms with Crippen molar-refractivity contribution in [3.63, 3.8) is 0 Å². The minimum Gasteiger partial charge on any atom is -0.335 e. The fourth-order valence-electron chi connectivity index (χ4n) is 2.62. The number of aryl methyl sites for hydroxylation is 1. The Kier molecular flexibility index (Phi) is 3.10. The first kappa shape index (κ1) is 10.7. The molecule has 2 N–H and O–H groups in total. The molecule has 3 atom stereocenters. The first-order chi connectivity index (χ1) is 7.22. The lowest BCUT2D eigenvalue weighted by molar-refractivity contribution is 0.293. The van der Waals surface area contributed by atoms with Crippen LogP contribution < -0.4 is 5.73 Å². The number of nitrogens with two attached hydrogens (primary N) is 1. The molecule has 1 aliphatic carbocycles. The molecule has 1 saturated carbocycles. The lowest BCUT2D eigenvalue weighted by Crippen LogP contribution is -2.35. The van der Waals surface area contributed by atoms with Crippen molar-refractivity contribution >= 4 is 0 Å². The van der Waals surface area contributed by atoms with Crippen LogP contribution in [0.3, 0.4) is 0 Å². The maximum absolute atomic E-state index is 6.20. The molecule has 1 heterocycles. The maximum atomic E-state index is 6.20. The molecule has 0 radical (unpaired) electrons. The summed E-state index contributed by atoms with van der Waals surface area (Å²) in [5.41, 5.74) is 6.20. The average Bonchev–Trinajstić information content (AvgIpc) is 2.69. The minimum absolute atomic E-state index is 0.300. The summed E-state index contributed by atoms with van der Waals surface area (Å²) < 4.78 is 2.22. The van der Waals surface area contributed by atoms with Crippen molar-refractivity contribution in [3.8, 4) is 0 Å². The number of aromatic nitrogens is 2. The van der Waals surface area contributed by atoms with Crippen LogP contribution in [-0.2, 0) is 6.54 Å². The zero-order chi connectivity index (χ0) is 10.8. The van der Waals surface area contributed by atoms with Crippen molar-refractivity contribution in [2.75, 3.05) is 0 Å². The topological polar surface area (TPSA) is 43.8 Å². The van der Waals surface area contributed by atoms with Gasteiger partial charge in [0.05, 0.1) is 0 Å². The predicted octanol–water partition coefficient (Wildman–Crippen LogP) is 2.13. The Labute approximate surface area is 91.7 Å². The number of hydrogen-bond acceptors (Lipinski definition) is 2. The van der Waals surface area contributed by atoms with Gasteiger partial charge < -0.3 is 10.3 Å². The maximum Gasteiger partial charge on any atom is 0.113 e. The Morgan fingerprint density at radius 2 is 2.33 bits per heavy atom. The lowest BCUT2D eigenvalue weighted by Gasteiger charge is -2.32. The van der Waals surface area contributed by atoms with E-state index < -0.39 is 0 Å². The average molecular weight is 207 g/mol. The molecule has 1 aromatic heterocycles. The van der Waals surface area contributed by atoms with Crippen LogP contribution in [0.15, 0.2) is 12.4 Å². The third-order valence-electron chi connectivity index (χ3n) is 3.59. The summed E-state index contributed by atoms with van der Waals surface area (Å²) in [5, 5.41) is 0. The van der Waals surface area contributed by atoms with E-state index in [0.29, 0.717) is 12.0 Å². The van der Waals surface area contributed by atoms with E-state index in [4.69, 9.17) is 5.73 Å². The second kappa shape index (κ2) is 4.35. The summed E-state index contributed by atoms with van der Waals surface area (Å²) >= 11 is 0. The van der Waals surface area contributed by atoms with Gasteiger partial charge in [0.1, 0.15) is 5.82 Å². The Balaban J connectivity index is 2.20. The Morgan fingerprint density at radius 3 is 3.07 bits per heavy atom. The van der Waals surface area contributed by atoms with Crippen molar-refractivity contribution in [2.45, 2.75) is 51.6 Å². The molecule has 1 aliphatic rings. The minimum atomic E-state index is 0.300. The molecular formula is C12H21N3. The molecule has 0 amide bonds. The van der Waals surface area contributed by atoms with Gasteiger partial charge in [-0.2, -0.15) is 0 Å². The smallest absolute Gasteiger partial charge is 0.113 e. The van der Waals surface area contributed by atoms with Crippen LogP contribution in [0.25, 0.3) is 0 Å². The van der Waals surface area contributed by atoms with Crippen molar-refractivity contribution < 1.29 is 0 Å². The summed E-state index contributed by atoms with van der Waals surface area (Å²) in [7, 11) is 0. The van der Waals surface area contributed by atoms with Crippen LogP contribution in [0.4, 0.5) is 0 Å². The van der Waals surface area contributed by atoms with Crippen LogP contribution in [-0.4, -0.2) is 15.6 Å². The van der Waals surface area contributed by atoms with E-state index in [0.717, 1.165) is 18.9 Å². The highest BCUT2D eigenvalue weighted by Gasteiger charge is 2.29. The van der Waals surface area contributed by atoms with Crippen LogP contribution in [0.5, 0.6) is 0 Å². The number of nitrogens with zero attached hydrogens (tertiary/aromatic N) is 2. The summed E-state index contributed by atoms with van der Waals surface area (Å²) in [6.07, 6.45) is 7.55. The highest BCUT2D eigenvalue weighted by atomic mass is 15.1. The Hall–Kier alpha value is -0.830. The second-order valence-electron chi connectivity index (χ2n) is 4.76. The molecule has 0 bridgehead atoms. The third kappa shape index (κ3) is 2.07. The molecule has 3 unspecified atom stereocenters. The predicted molar refractivity (Wildman–Crippen MR) is 61.6 cm³/mol. The molecule has 0 aliphatic heterocycles. The molecule has 0 aromatic carbocycles. The van der Waals surface area contributed by atoms with Gasteiger partial charge in [-0.3, -0.25) is 0 Å². The van der Waals surface area contributed by atoms with Gasteiger partial charge in [0.25, 0.3) is 0 Å². The van der Waals surface area contributed by atoms with Crippen LogP contribution in [0.1, 0.15) is 44.9 Å². The molecule has 1 aromatic rings. The van der Waals surface area contributed by atoms with Gasteiger partial charge in [-0.25, -0.2) is 4.98 Å². The molecule has 0 spiro atoms. The largest absolute Gasteiger partial charge is 0.335 e. The van der Waals surface area contributed by atoms with E-state index >= 15 is 0 Å². The normalized spacial score (nSPS) is 31.8. The van der Waals surface area contributed by atoms with Gasteiger partial charge in [0, 0.05) is 30.9 Å². The first-order valence-electron chi connectivity index (χ1n) is 5.99. The summed E-state index contributed by atoms with van der Waals surface area (Å²) in [6.45, 7) is 5.47. The monoisotopic (exact) mass is 207 g/mol. The number of imidazole rings is 1. The molecule has 84 valence electrons. The summed E-state index contributed by atoms with van der Waals surface area (Å²) in [4.78, 5) is 4.48. The van der Waals surface area contributed by atoms with Crippen LogP contribution in [0.2, 0.25) is 0 Å². The van der Waals surface area contributed by atoms with Gasteiger partial charge in [-0.1, -0.05) is 6.92 Å². The molecule has 1 fully saturated rings. The Morgan fingerprint density at radius 1 is 1.53 bits per heavy atom. The number of hydrogen-bond donors (Lipinski definition) is 1. The number of rotatable bonds is 2.